The van der Waals surface area contributed by atoms with Gasteiger partial charge in [0.05, 0.1) is 11.9 Å². The van der Waals surface area contributed by atoms with E-state index in [4.69, 9.17) is 4.52 Å². The standard InChI is InChI=1S/C18H18N6O3/c25-15(21-11-7-16(26)22-14-2-1-8-20-12-14)3-4-17-23-18(24-27-17)13-5-9-19-10-6-13/h1-2,5-6,8-10,12H,3-4,7,11H2,(H,21,25)(H,22,26). The van der Waals surface area contributed by atoms with Crippen LogP contribution < -0.4 is 10.6 Å². The Balaban J connectivity index is 1.36. The zero-order chi connectivity index (χ0) is 18.9. The monoisotopic (exact) mass is 366 g/mol. The molecule has 0 aliphatic rings. The fourth-order valence-electron chi connectivity index (χ4n) is 2.26. The number of carbonyl (C=O) groups excluding carboxylic acids is 2. The van der Waals surface area contributed by atoms with E-state index in [1.54, 1.807) is 49.1 Å². The van der Waals surface area contributed by atoms with E-state index in [9.17, 15) is 9.59 Å². The van der Waals surface area contributed by atoms with Crippen LogP contribution in [0.2, 0.25) is 0 Å². The minimum atomic E-state index is -0.192. The van der Waals surface area contributed by atoms with E-state index >= 15 is 0 Å². The van der Waals surface area contributed by atoms with Crippen LogP contribution in [0.25, 0.3) is 11.4 Å². The maximum Gasteiger partial charge on any atom is 0.227 e. The summed E-state index contributed by atoms with van der Waals surface area (Å²) in [7, 11) is 0. The molecule has 0 aliphatic heterocycles. The summed E-state index contributed by atoms with van der Waals surface area (Å²) in [5.74, 6) is 0.459. The Labute approximate surface area is 155 Å². The molecule has 9 heteroatoms. The molecule has 0 aromatic carbocycles. The van der Waals surface area contributed by atoms with Crippen LogP contribution >= 0.6 is 0 Å². The molecule has 3 rings (SSSR count). The molecule has 3 heterocycles. The third-order valence-electron chi connectivity index (χ3n) is 3.59. The van der Waals surface area contributed by atoms with Crippen LogP contribution in [-0.4, -0.2) is 38.5 Å². The van der Waals surface area contributed by atoms with Crippen molar-refractivity contribution in [2.24, 2.45) is 0 Å². The molecule has 0 bridgehead atoms. The van der Waals surface area contributed by atoms with E-state index in [1.807, 2.05) is 0 Å². The van der Waals surface area contributed by atoms with Crippen LogP contribution in [0, 0.1) is 0 Å². The summed E-state index contributed by atoms with van der Waals surface area (Å²) in [5.41, 5.74) is 1.42. The van der Waals surface area contributed by atoms with Crippen LogP contribution in [-0.2, 0) is 16.0 Å². The Hall–Kier alpha value is -3.62. The van der Waals surface area contributed by atoms with E-state index in [0.717, 1.165) is 5.56 Å². The van der Waals surface area contributed by atoms with E-state index < -0.39 is 0 Å². The van der Waals surface area contributed by atoms with Crippen molar-refractivity contribution in [3.8, 4) is 11.4 Å². The van der Waals surface area contributed by atoms with E-state index in [1.165, 1.54) is 0 Å². The van der Waals surface area contributed by atoms with Crippen LogP contribution in [0.4, 0.5) is 5.69 Å². The molecule has 27 heavy (non-hydrogen) atoms. The normalized spacial score (nSPS) is 10.4. The second-order valence-electron chi connectivity index (χ2n) is 5.64. The second-order valence-corrected chi connectivity index (χ2v) is 5.64. The van der Waals surface area contributed by atoms with Crippen molar-refractivity contribution in [1.82, 2.24) is 25.4 Å². The lowest BCUT2D eigenvalue weighted by Crippen LogP contribution is -2.27. The van der Waals surface area contributed by atoms with Crippen molar-refractivity contribution in [1.29, 1.82) is 0 Å². The molecular formula is C18H18N6O3. The zero-order valence-corrected chi connectivity index (χ0v) is 14.5. The molecule has 138 valence electrons. The first-order valence-electron chi connectivity index (χ1n) is 8.40. The fourth-order valence-corrected chi connectivity index (χ4v) is 2.26. The average molecular weight is 366 g/mol. The van der Waals surface area contributed by atoms with Crippen LogP contribution in [0.3, 0.4) is 0 Å². The molecule has 0 atom stereocenters. The van der Waals surface area contributed by atoms with Crippen LogP contribution in [0.15, 0.2) is 53.6 Å². The van der Waals surface area contributed by atoms with Gasteiger partial charge in [-0.25, -0.2) is 0 Å². The predicted octanol–water partition coefficient (Wildman–Crippen LogP) is 1.60. The molecule has 0 unspecified atom stereocenters. The van der Waals surface area contributed by atoms with Crippen molar-refractivity contribution in [3.05, 3.63) is 54.9 Å². The Kier molecular flexibility index (Phi) is 6.18. The lowest BCUT2D eigenvalue weighted by Gasteiger charge is -2.05. The van der Waals surface area contributed by atoms with Gasteiger partial charge in [0, 0.05) is 50.0 Å². The van der Waals surface area contributed by atoms with Gasteiger partial charge in [-0.2, -0.15) is 4.98 Å². The van der Waals surface area contributed by atoms with Crippen molar-refractivity contribution in [3.63, 3.8) is 0 Å². The smallest absolute Gasteiger partial charge is 0.227 e. The number of nitrogens with one attached hydrogen (secondary N) is 2. The lowest BCUT2D eigenvalue weighted by molar-refractivity contribution is -0.121. The SMILES string of the molecule is O=C(CCc1nc(-c2ccncc2)no1)NCCC(=O)Nc1cccnc1. The van der Waals surface area contributed by atoms with Gasteiger partial charge in [0.2, 0.25) is 23.5 Å². The number of rotatable bonds is 8. The zero-order valence-electron chi connectivity index (χ0n) is 14.5. The maximum absolute atomic E-state index is 11.9. The molecule has 0 spiro atoms. The van der Waals surface area contributed by atoms with Gasteiger partial charge in [0.25, 0.3) is 0 Å². The molecule has 0 aliphatic carbocycles. The molecule has 0 saturated heterocycles. The summed E-state index contributed by atoms with van der Waals surface area (Å²) in [6, 6.07) is 7.03. The van der Waals surface area contributed by atoms with Crippen LogP contribution in [0.5, 0.6) is 0 Å². The molecule has 3 aromatic heterocycles. The molecular weight excluding hydrogens is 348 g/mol. The van der Waals surface area contributed by atoms with Crippen LogP contribution in [0.1, 0.15) is 18.7 Å². The average Bonchev–Trinajstić information content (AvgIpc) is 3.17. The second kappa shape index (κ2) is 9.18. The highest BCUT2D eigenvalue weighted by molar-refractivity contribution is 5.90. The van der Waals surface area contributed by atoms with E-state index in [-0.39, 0.29) is 31.2 Å². The summed E-state index contributed by atoms with van der Waals surface area (Å²) in [6.45, 7) is 0.247. The lowest BCUT2D eigenvalue weighted by atomic mass is 10.2. The van der Waals surface area contributed by atoms with Crippen molar-refractivity contribution < 1.29 is 14.1 Å². The Morgan fingerprint density at radius 1 is 1.00 bits per heavy atom. The van der Waals surface area contributed by atoms with Gasteiger partial charge in [0.1, 0.15) is 0 Å². The predicted molar refractivity (Wildman–Crippen MR) is 96.3 cm³/mol. The number of nitrogens with zero attached hydrogens (tertiary/aromatic N) is 4. The van der Waals surface area contributed by atoms with Crippen molar-refractivity contribution in [2.75, 3.05) is 11.9 Å². The topological polar surface area (TPSA) is 123 Å². The number of aromatic nitrogens is 4. The summed E-state index contributed by atoms with van der Waals surface area (Å²) >= 11 is 0. The van der Waals surface area contributed by atoms with Gasteiger partial charge in [0.15, 0.2) is 0 Å². The van der Waals surface area contributed by atoms with Gasteiger partial charge in [-0.05, 0) is 24.3 Å². The first-order chi connectivity index (χ1) is 13.2. The number of amides is 2. The van der Waals surface area contributed by atoms with E-state index in [0.29, 0.717) is 23.8 Å². The summed E-state index contributed by atoms with van der Waals surface area (Å²) in [4.78, 5) is 35.8. The van der Waals surface area contributed by atoms with Gasteiger partial charge < -0.3 is 15.2 Å². The molecule has 0 fully saturated rings. The highest BCUT2D eigenvalue weighted by Crippen LogP contribution is 2.14. The highest BCUT2D eigenvalue weighted by atomic mass is 16.5. The highest BCUT2D eigenvalue weighted by Gasteiger charge is 2.11. The quantitative estimate of drug-likeness (QED) is 0.621. The van der Waals surface area contributed by atoms with Crippen molar-refractivity contribution in [2.45, 2.75) is 19.3 Å². The molecule has 2 N–H and O–H groups in total. The van der Waals surface area contributed by atoms with Gasteiger partial charge in [-0.3, -0.25) is 19.6 Å². The van der Waals surface area contributed by atoms with Gasteiger partial charge in [-0.15, -0.1) is 0 Å². The largest absolute Gasteiger partial charge is 0.356 e. The number of anilines is 1. The fraction of sp³-hybridized carbons (Fsp3) is 0.222. The number of carbonyl (C=O) groups is 2. The first-order valence-corrected chi connectivity index (χ1v) is 8.40. The molecule has 9 nitrogen and oxygen atoms in total. The number of hydrogen-bond donors (Lipinski definition) is 2. The molecule has 2 amide bonds. The summed E-state index contributed by atoms with van der Waals surface area (Å²) < 4.78 is 5.15. The summed E-state index contributed by atoms with van der Waals surface area (Å²) in [6.07, 6.45) is 7.16. The number of hydrogen-bond acceptors (Lipinski definition) is 7. The number of pyridine rings is 2. The first kappa shape index (κ1) is 18.2. The Bertz CT molecular complexity index is 882. The van der Waals surface area contributed by atoms with Gasteiger partial charge >= 0.3 is 0 Å². The molecule has 3 aromatic rings. The Morgan fingerprint density at radius 2 is 1.85 bits per heavy atom. The van der Waals surface area contributed by atoms with Crippen molar-refractivity contribution >= 4 is 17.5 Å². The maximum atomic E-state index is 11.9. The third kappa shape index (κ3) is 5.70. The number of aryl methyl sites for hydroxylation is 1. The molecule has 0 radical (unpaired) electrons. The molecule has 0 saturated carbocycles. The van der Waals surface area contributed by atoms with Gasteiger partial charge in [-0.1, -0.05) is 5.16 Å². The minimum absolute atomic E-state index is 0.174. The third-order valence-corrected chi connectivity index (χ3v) is 3.59. The minimum Gasteiger partial charge on any atom is -0.356 e. The summed E-state index contributed by atoms with van der Waals surface area (Å²) in [5, 5.41) is 9.28. The van der Waals surface area contributed by atoms with E-state index in [2.05, 4.69) is 30.7 Å². The Morgan fingerprint density at radius 3 is 2.63 bits per heavy atom.